The fourth-order valence-electron chi connectivity index (χ4n) is 2.82. The zero-order valence-electron chi connectivity index (χ0n) is 13.5. The van der Waals surface area contributed by atoms with Gasteiger partial charge in [-0.3, -0.25) is 4.57 Å². The summed E-state index contributed by atoms with van der Waals surface area (Å²) >= 11 is 0. The third-order valence-corrected chi connectivity index (χ3v) is 6.18. The molecule has 22 heavy (non-hydrogen) atoms. The van der Waals surface area contributed by atoms with E-state index in [1.54, 1.807) is 0 Å². The van der Waals surface area contributed by atoms with Crippen LogP contribution in [0.1, 0.15) is 44.6 Å². The summed E-state index contributed by atoms with van der Waals surface area (Å²) in [6.45, 7) is 2.15. The molecule has 2 aromatic rings. The highest BCUT2D eigenvalue weighted by atomic mass is 31.2. The summed E-state index contributed by atoms with van der Waals surface area (Å²) < 4.78 is 12.1. The van der Waals surface area contributed by atoms with Gasteiger partial charge in [-0.2, -0.15) is 0 Å². The van der Waals surface area contributed by atoms with E-state index in [4.69, 9.17) is 0 Å². The van der Waals surface area contributed by atoms with Crippen molar-refractivity contribution in [3.05, 3.63) is 48.0 Å². The van der Waals surface area contributed by atoms with E-state index in [1.807, 2.05) is 12.1 Å². The number of hydrogen-bond donors (Lipinski definition) is 1. The van der Waals surface area contributed by atoms with Crippen LogP contribution in [0.2, 0.25) is 0 Å². The summed E-state index contributed by atoms with van der Waals surface area (Å²) in [6, 6.07) is 14.8. The Kier molecular flexibility index (Phi) is 6.67. The van der Waals surface area contributed by atoms with Gasteiger partial charge < -0.3 is 4.89 Å². The topological polar surface area (TPSA) is 37.3 Å². The van der Waals surface area contributed by atoms with Crippen LogP contribution < -0.4 is 0 Å². The van der Waals surface area contributed by atoms with E-state index in [2.05, 4.69) is 37.3 Å². The minimum Gasteiger partial charge on any atom is -0.344 e. The molecule has 0 spiro atoms. The van der Waals surface area contributed by atoms with Crippen LogP contribution in [0.15, 0.2) is 42.5 Å². The van der Waals surface area contributed by atoms with Crippen molar-refractivity contribution in [1.29, 1.82) is 0 Å². The second-order valence-corrected chi connectivity index (χ2v) is 8.73. The second kappa shape index (κ2) is 8.50. The Balaban J connectivity index is 1.80. The third kappa shape index (κ3) is 5.59. The Morgan fingerprint density at radius 3 is 2.41 bits per heavy atom. The molecule has 0 saturated carbocycles. The number of benzene rings is 2. The highest BCUT2D eigenvalue weighted by Crippen LogP contribution is 2.42. The first-order valence-corrected chi connectivity index (χ1v) is 10.4. The predicted molar refractivity (Wildman–Crippen MR) is 96.0 cm³/mol. The molecule has 2 aromatic carbocycles. The standard InChI is InChI=1S/C19H27O2P/c1-2-3-4-7-14-22(20,21)15-8-9-17-12-13-18-10-5-6-11-19(18)16-17/h5-6,10-13,16H,2-4,7-9,14-15H2,1H3,(H,20,21). The largest absolute Gasteiger partial charge is 0.344 e. The molecule has 3 heteroatoms. The Bertz CT molecular complexity index is 636. The maximum Gasteiger partial charge on any atom is 0.200 e. The molecule has 1 atom stereocenters. The molecule has 0 saturated heterocycles. The van der Waals surface area contributed by atoms with E-state index in [9.17, 15) is 9.46 Å². The molecule has 2 nitrogen and oxygen atoms in total. The molecule has 0 radical (unpaired) electrons. The van der Waals surface area contributed by atoms with Crippen LogP contribution in [-0.2, 0) is 11.0 Å². The lowest BCUT2D eigenvalue weighted by Gasteiger charge is -2.11. The lowest BCUT2D eigenvalue weighted by atomic mass is 10.0. The van der Waals surface area contributed by atoms with Gasteiger partial charge in [0, 0.05) is 12.3 Å². The fourth-order valence-corrected chi connectivity index (χ4v) is 4.42. The summed E-state index contributed by atoms with van der Waals surface area (Å²) in [5.41, 5.74) is 1.25. The number of aryl methyl sites for hydroxylation is 1. The maximum atomic E-state index is 12.1. The Morgan fingerprint density at radius 1 is 0.909 bits per heavy atom. The quantitative estimate of drug-likeness (QED) is 0.481. The van der Waals surface area contributed by atoms with Gasteiger partial charge in [-0.05, 0) is 35.6 Å². The van der Waals surface area contributed by atoms with Crippen LogP contribution in [-0.4, -0.2) is 17.2 Å². The van der Waals surface area contributed by atoms with E-state index >= 15 is 0 Å². The van der Waals surface area contributed by atoms with E-state index in [1.165, 1.54) is 16.3 Å². The minimum absolute atomic E-state index is 0.450. The maximum absolute atomic E-state index is 12.1. The normalized spacial score (nSPS) is 14.1. The van der Waals surface area contributed by atoms with Crippen molar-refractivity contribution in [1.82, 2.24) is 0 Å². The zero-order valence-corrected chi connectivity index (χ0v) is 14.4. The van der Waals surface area contributed by atoms with Crippen molar-refractivity contribution in [3.63, 3.8) is 0 Å². The fraction of sp³-hybridized carbons (Fsp3) is 0.474. The molecule has 0 fully saturated rings. The first-order valence-electron chi connectivity index (χ1n) is 8.39. The van der Waals surface area contributed by atoms with Gasteiger partial charge in [0.05, 0.1) is 0 Å². The summed E-state index contributed by atoms with van der Waals surface area (Å²) in [7, 11) is -2.92. The molecule has 0 heterocycles. The molecule has 0 aliphatic rings. The zero-order chi connectivity index (χ0) is 15.8. The van der Waals surface area contributed by atoms with E-state index in [-0.39, 0.29) is 0 Å². The lowest BCUT2D eigenvalue weighted by Crippen LogP contribution is -1.97. The molecule has 0 aliphatic carbocycles. The molecule has 0 amide bonds. The van der Waals surface area contributed by atoms with E-state index < -0.39 is 7.37 Å². The van der Waals surface area contributed by atoms with Crippen molar-refractivity contribution in [2.75, 3.05) is 12.3 Å². The number of rotatable bonds is 9. The van der Waals surface area contributed by atoms with Gasteiger partial charge >= 0.3 is 0 Å². The molecular weight excluding hydrogens is 291 g/mol. The molecule has 0 aliphatic heterocycles. The van der Waals surface area contributed by atoms with Gasteiger partial charge in [0.2, 0.25) is 7.37 Å². The Morgan fingerprint density at radius 2 is 1.64 bits per heavy atom. The first kappa shape index (κ1) is 17.2. The monoisotopic (exact) mass is 318 g/mol. The van der Waals surface area contributed by atoms with Gasteiger partial charge in [0.25, 0.3) is 0 Å². The summed E-state index contributed by atoms with van der Waals surface area (Å²) in [5, 5.41) is 2.49. The van der Waals surface area contributed by atoms with Crippen molar-refractivity contribution in [2.24, 2.45) is 0 Å². The molecule has 0 aromatic heterocycles. The van der Waals surface area contributed by atoms with Gasteiger partial charge in [-0.1, -0.05) is 68.7 Å². The molecule has 0 bridgehead atoms. The minimum atomic E-state index is -2.92. The molecular formula is C19H27O2P. The average Bonchev–Trinajstić information content (AvgIpc) is 2.51. The van der Waals surface area contributed by atoms with Crippen LogP contribution in [0.3, 0.4) is 0 Å². The van der Waals surface area contributed by atoms with E-state index in [0.717, 1.165) is 38.5 Å². The third-order valence-electron chi connectivity index (χ3n) is 4.15. The van der Waals surface area contributed by atoms with Crippen LogP contribution in [0, 0.1) is 0 Å². The molecule has 1 N–H and O–H groups in total. The molecule has 120 valence electrons. The van der Waals surface area contributed by atoms with Crippen molar-refractivity contribution in [3.8, 4) is 0 Å². The summed E-state index contributed by atoms with van der Waals surface area (Å²) in [5.74, 6) is 0. The van der Waals surface area contributed by atoms with Crippen LogP contribution >= 0.6 is 7.37 Å². The Hall–Kier alpha value is -1.11. The van der Waals surface area contributed by atoms with Gasteiger partial charge in [0.1, 0.15) is 0 Å². The number of fused-ring (bicyclic) bond motifs is 1. The predicted octanol–water partition coefficient (Wildman–Crippen LogP) is 5.62. The number of unbranched alkanes of at least 4 members (excludes halogenated alkanes) is 3. The van der Waals surface area contributed by atoms with Crippen molar-refractivity contribution >= 4 is 18.1 Å². The first-order chi connectivity index (χ1) is 10.6. The van der Waals surface area contributed by atoms with Crippen LogP contribution in [0.5, 0.6) is 0 Å². The van der Waals surface area contributed by atoms with Crippen LogP contribution in [0.4, 0.5) is 0 Å². The van der Waals surface area contributed by atoms with E-state index in [0.29, 0.717) is 12.3 Å². The van der Waals surface area contributed by atoms with Crippen molar-refractivity contribution < 1.29 is 9.46 Å². The Labute approximate surface area is 134 Å². The SMILES string of the molecule is CCCCCCP(=O)(O)CCCc1ccc2ccccc2c1. The van der Waals surface area contributed by atoms with Gasteiger partial charge in [0.15, 0.2) is 0 Å². The molecule has 1 unspecified atom stereocenters. The van der Waals surface area contributed by atoms with Gasteiger partial charge in [-0.15, -0.1) is 0 Å². The average molecular weight is 318 g/mol. The second-order valence-electron chi connectivity index (χ2n) is 6.14. The summed E-state index contributed by atoms with van der Waals surface area (Å²) in [4.78, 5) is 10.0. The van der Waals surface area contributed by atoms with Crippen molar-refractivity contribution in [2.45, 2.75) is 45.4 Å². The highest BCUT2D eigenvalue weighted by molar-refractivity contribution is 7.57. The number of hydrogen-bond acceptors (Lipinski definition) is 1. The lowest BCUT2D eigenvalue weighted by molar-refractivity contribution is 0.472. The highest BCUT2D eigenvalue weighted by Gasteiger charge is 2.16. The van der Waals surface area contributed by atoms with Gasteiger partial charge in [-0.25, -0.2) is 0 Å². The molecule has 2 rings (SSSR count). The smallest absolute Gasteiger partial charge is 0.200 e. The summed E-state index contributed by atoms with van der Waals surface area (Å²) in [6.07, 6.45) is 6.90. The van der Waals surface area contributed by atoms with Crippen LogP contribution in [0.25, 0.3) is 10.8 Å².